The van der Waals surface area contributed by atoms with E-state index >= 15 is 0 Å². The number of benzene rings is 2. The molecule has 2 heterocycles. The number of carboxylic acid groups (broad SMARTS) is 1. The zero-order valence-corrected chi connectivity index (χ0v) is 18.0. The van der Waals surface area contributed by atoms with Crippen LogP contribution in [-0.4, -0.2) is 20.6 Å². The Morgan fingerprint density at radius 1 is 1.06 bits per heavy atom. The highest BCUT2D eigenvalue weighted by atomic mass is 35.5. The average Bonchev–Trinajstić information content (AvgIpc) is 2.99. The van der Waals surface area contributed by atoms with Crippen molar-refractivity contribution >= 4 is 35.1 Å². The lowest BCUT2D eigenvalue weighted by atomic mass is 10.1. The van der Waals surface area contributed by atoms with E-state index in [-0.39, 0.29) is 23.9 Å². The highest BCUT2D eigenvalue weighted by Crippen LogP contribution is 2.32. The molecule has 0 saturated heterocycles. The van der Waals surface area contributed by atoms with Crippen LogP contribution in [0.4, 0.5) is 10.2 Å². The Morgan fingerprint density at radius 3 is 2.39 bits per heavy atom. The van der Waals surface area contributed by atoms with Crippen LogP contribution in [0.25, 0.3) is 10.9 Å². The molecule has 2 N–H and O–H groups in total. The summed E-state index contributed by atoms with van der Waals surface area (Å²) in [6.07, 6.45) is 0. The first-order valence-corrected chi connectivity index (χ1v) is 9.70. The summed E-state index contributed by atoms with van der Waals surface area (Å²) in [5, 5.41) is 13.7. The van der Waals surface area contributed by atoms with E-state index in [1.807, 2.05) is 32.0 Å². The van der Waals surface area contributed by atoms with Gasteiger partial charge in [-0.1, -0.05) is 42.5 Å². The van der Waals surface area contributed by atoms with Crippen LogP contribution in [0, 0.1) is 19.7 Å². The van der Waals surface area contributed by atoms with Gasteiger partial charge in [0, 0.05) is 24.2 Å². The first-order chi connectivity index (χ1) is 14.4. The van der Waals surface area contributed by atoms with Crippen molar-refractivity contribution in [2.45, 2.75) is 26.9 Å². The van der Waals surface area contributed by atoms with Crippen LogP contribution in [0.5, 0.6) is 0 Å². The Kier molecular flexibility index (Phi) is 6.61. The predicted molar refractivity (Wildman–Crippen MR) is 123 cm³/mol. The molecule has 0 bridgehead atoms. The van der Waals surface area contributed by atoms with Gasteiger partial charge in [-0.25, -0.2) is 14.2 Å². The van der Waals surface area contributed by atoms with E-state index in [0.29, 0.717) is 18.9 Å². The SMILES string of the molecule is Cc1c(C)n(Cc2ccccc2)c2c(NCc3ccc(F)cc3)nc(C(=O)O)cc12.Cl. The number of aromatic nitrogens is 2. The van der Waals surface area contributed by atoms with Crippen LogP contribution in [0.1, 0.15) is 32.9 Å². The molecule has 0 saturated carbocycles. The Bertz CT molecular complexity index is 1220. The van der Waals surface area contributed by atoms with Crippen LogP contribution in [0.2, 0.25) is 0 Å². The van der Waals surface area contributed by atoms with Crippen LogP contribution >= 0.6 is 12.4 Å². The average molecular weight is 440 g/mol. The van der Waals surface area contributed by atoms with Crippen LogP contribution < -0.4 is 5.32 Å². The second kappa shape index (κ2) is 9.18. The van der Waals surface area contributed by atoms with Gasteiger partial charge in [-0.3, -0.25) is 0 Å². The van der Waals surface area contributed by atoms with Gasteiger partial charge in [0.1, 0.15) is 5.82 Å². The Morgan fingerprint density at radius 2 is 1.74 bits per heavy atom. The fourth-order valence-corrected chi connectivity index (χ4v) is 3.65. The number of nitrogens with zero attached hydrogens (tertiary/aromatic N) is 2. The normalized spacial score (nSPS) is 10.7. The molecule has 0 atom stereocenters. The van der Waals surface area contributed by atoms with Crippen molar-refractivity contribution in [1.29, 1.82) is 0 Å². The molecule has 0 radical (unpaired) electrons. The van der Waals surface area contributed by atoms with Crippen LogP contribution in [0.15, 0.2) is 60.7 Å². The molecule has 4 aromatic rings. The number of nitrogens with one attached hydrogen (secondary N) is 1. The molecule has 160 valence electrons. The third kappa shape index (κ3) is 4.54. The Balaban J connectivity index is 0.00000272. The number of aromatic carboxylic acids is 1. The summed E-state index contributed by atoms with van der Waals surface area (Å²) in [7, 11) is 0. The van der Waals surface area contributed by atoms with E-state index < -0.39 is 5.97 Å². The number of halogens is 2. The van der Waals surface area contributed by atoms with Gasteiger partial charge in [0.25, 0.3) is 0 Å². The van der Waals surface area contributed by atoms with E-state index in [9.17, 15) is 14.3 Å². The fourth-order valence-electron chi connectivity index (χ4n) is 3.65. The number of hydrogen-bond acceptors (Lipinski definition) is 3. The molecular formula is C24H23ClFN3O2. The largest absolute Gasteiger partial charge is 0.477 e. The monoisotopic (exact) mass is 439 g/mol. The van der Waals surface area contributed by atoms with Gasteiger partial charge in [0.15, 0.2) is 11.5 Å². The Labute approximate surface area is 186 Å². The summed E-state index contributed by atoms with van der Waals surface area (Å²) in [5.74, 6) is -0.869. The van der Waals surface area contributed by atoms with Crippen molar-refractivity contribution in [3.05, 3.63) is 94.6 Å². The van der Waals surface area contributed by atoms with E-state index in [1.54, 1.807) is 18.2 Å². The standard InChI is InChI=1S/C24H22FN3O2.ClH/c1-15-16(2)28(14-18-6-4-3-5-7-18)22-20(15)12-21(24(29)30)27-23(22)26-13-17-8-10-19(25)11-9-17;/h3-12H,13-14H2,1-2H3,(H,26,27)(H,29,30);1H. The molecule has 7 heteroatoms. The molecule has 0 aliphatic heterocycles. The zero-order valence-electron chi connectivity index (χ0n) is 17.2. The first-order valence-electron chi connectivity index (χ1n) is 9.70. The quantitative estimate of drug-likeness (QED) is 0.412. The molecule has 0 amide bonds. The summed E-state index contributed by atoms with van der Waals surface area (Å²) in [6, 6.07) is 17.9. The predicted octanol–water partition coefficient (Wildman–Crippen LogP) is 5.57. The number of fused-ring (bicyclic) bond motifs is 1. The third-order valence-corrected chi connectivity index (χ3v) is 5.39. The number of pyridine rings is 1. The zero-order chi connectivity index (χ0) is 21.3. The molecule has 0 aliphatic carbocycles. The molecular weight excluding hydrogens is 417 g/mol. The molecule has 0 aliphatic rings. The molecule has 5 nitrogen and oxygen atoms in total. The molecule has 4 rings (SSSR count). The van der Waals surface area contributed by atoms with Gasteiger partial charge in [-0.05, 0) is 48.7 Å². The maximum atomic E-state index is 13.2. The topological polar surface area (TPSA) is 67.2 Å². The van der Waals surface area contributed by atoms with Crippen molar-refractivity contribution in [2.24, 2.45) is 0 Å². The van der Waals surface area contributed by atoms with E-state index in [4.69, 9.17) is 0 Å². The van der Waals surface area contributed by atoms with Gasteiger partial charge in [0.2, 0.25) is 0 Å². The molecule has 0 unspecified atom stereocenters. The van der Waals surface area contributed by atoms with Gasteiger partial charge < -0.3 is 15.0 Å². The minimum absolute atomic E-state index is 0. The maximum absolute atomic E-state index is 13.2. The van der Waals surface area contributed by atoms with Crippen LogP contribution in [0.3, 0.4) is 0 Å². The van der Waals surface area contributed by atoms with Gasteiger partial charge in [-0.2, -0.15) is 0 Å². The van der Waals surface area contributed by atoms with E-state index in [1.165, 1.54) is 12.1 Å². The number of hydrogen-bond donors (Lipinski definition) is 2. The summed E-state index contributed by atoms with van der Waals surface area (Å²) >= 11 is 0. The number of carbonyl (C=O) groups is 1. The second-order valence-corrected chi connectivity index (χ2v) is 7.32. The number of aryl methyl sites for hydroxylation is 1. The summed E-state index contributed by atoms with van der Waals surface area (Å²) in [6.45, 7) is 5.08. The lowest BCUT2D eigenvalue weighted by molar-refractivity contribution is 0.0691. The first kappa shape index (κ1) is 22.3. The van der Waals surface area contributed by atoms with Crippen molar-refractivity contribution in [1.82, 2.24) is 9.55 Å². The lowest BCUT2D eigenvalue weighted by Crippen LogP contribution is -2.10. The molecule has 0 fully saturated rings. The summed E-state index contributed by atoms with van der Waals surface area (Å²) < 4.78 is 15.4. The number of rotatable bonds is 6. The highest BCUT2D eigenvalue weighted by molar-refractivity contribution is 5.98. The minimum atomic E-state index is -1.07. The number of carboxylic acids is 1. The van der Waals surface area contributed by atoms with Gasteiger partial charge in [0.05, 0.1) is 5.52 Å². The summed E-state index contributed by atoms with van der Waals surface area (Å²) in [4.78, 5) is 16.0. The lowest BCUT2D eigenvalue weighted by Gasteiger charge is -2.13. The smallest absolute Gasteiger partial charge is 0.354 e. The maximum Gasteiger partial charge on any atom is 0.354 e. The third-order valence-electron chi connectivity index (χ3n) is 5.39. The second-order valence-electron chi connectivity index (χ2n) is 7.32. The van der Waals surface area contributed by atoms with Gasteiger partial charge in [-0.15, -0.1) is 12.4 Å². The Hall–Kier alpha value is -3.38. The molecule has 2 aromatic heterocycles. The highest BCUT2D eigenvalue weighted by Gasteiger charge is 2.19. The van der Waals surface area contributed by atoms with Crippen molar-refractivity contribution in [3.63, 3.8) is 0 Å². The fraction of sp³-hybridized carbons (Fsp3) is 0.167. The summed E-state index contributed by atoms with van der Waals surface area (Å²) in [5.41, 5.74) is 4.95. The van der Waals surface area contributed by atoms with E-state index in [0.717, 1.165) is 33.3 Å². The number of anilines is 1. The molecule has 0 spiro atoms. The van der Waals surface area contributed by atoms with Crippen molar-refractivity contribution in [3.8, 4) is 0 Å². The van der Waals surface area contributed by atoms with E-state index in [2.05, 4.69) is 27.0 Å². The minimum Gasteiger partial charge on any atom is -0.477 e. The van der Waals surface area contributed by atoms with Crippen molar-refractivity contribution in [2.75, 3.05) is 5.32 Å². The van der Waals surface area contributed by atoms with Crippen molar-refractivity contribution < 1.29 is 14.3 Å². The molecule has 2 aromatic carbocycles. The molecule has 31 heavy (non-hydrogen) atoms. The van der Waals surface area contributed by atoms with Gasteiger partial charge >= 0.3 is 5.97 Å². The van der Waals surface area contributed by atoms with Crippen LogP contribution in [-0.2, 0) is 13.1 Å².